The number of halogens is 9. The third-order valence-electron chi connectivity index (χ3n) is 3.40. The summed E-state index contributed by atoms with van der Waals surface area (Å²) in [6.07, 6.45) is -15.1. The zero-order valence-electron chi connectivity index (χ0n) is 14.6. The van der Waals surface area contributed by atoms with E-state index in [1.807, 2.05) is 5.32 Å². The number of rotatable bonds is 4. The summed E-state index contributed by atoms with van der Waals surface area (Å²) in [6.45, 7) is 1.06. The van der Waals surface area contributed by atoms with Gasteiger partial charge in [0.1, 0.15) is 5.56 Å². The number of benzene rings is 1. The largest absolute Gasteiger partial charge is 0.462 e. The minimum atomic E-state index is -5.19. The van der Waals surface area contributed by atoms with Crippen molar-refractivity contribution in [3.8, 4) is 0 Å². The molecule has 2 aromatic rings. The van der Waals surface area contributed by atoms with Gasteiger partial charge in [-0.05, 0) is 25.1 Å². The first-order valence-electron chi connectivity index (χ1n) is 7.80. The molecule has 164 valence electrons. The summed E-state index contributed by atoms with van der Waals surface area (Å²) >= 11 is 0. The molecule has 0 unspecified atom stereocenters. The van der Waals surface area contributed by atoms with Crippen molar-refractivity contribution >= 4 is 17.6 Å². The van der Waals surface area contributed by atoms with Gasteiger partial charge in [0.05, 0.1) is 17.7 Å². The van der Waals surface area contributed by atoms with Gasteiger partial charge in [-0.1, -0.05) is 0 Å². The summed E-state index contributed by atoms with van der Waals surface area (Å²) in [7, 11) is 0. The second kappa shape index (κ2) is 7.99. The van der Waals surface area contributed by atoms with Crippen LogP contribution in [0, 0.1) is 0 Å². The van der Waals surface area contributed by atoms with Crippen molar-refractivity contribution in [3.63, 3.8) is 0 Å². The second-order valence-corrected chi connectivity index (χ2v) is 5.59. The summed E-state index contributed by atoms with van der Waals surface area (Å²) < 4.78 is 121. The molecule has 0 atom stereocenters. The van der Waals surface area contributed by atoms with E-state index in [0.717, 1.165) is 0 Å². The van der Waals surface area contributed by atoms with Crippen LogP contribution >= 0.6 is 0 Å². The normalized spacial score (nSPS) is 12.6. The molecular formula is C16H10F9N3O2. The average Bonchev–Trinajstić information content (AvgIpc) is 2.59. The summed E-state index contributed by atoms with van der Waals surface area (Å²) in [5.41, 5.74) is -7.11. The molecule has 30 heavy (non-hydrogen) atoms. The summed E-state index contributed by atoms with van der Waals surface area (Å²) in [6, 6.07) is 0.327. The molecule has 0 bridgehead atoms. The molecule has 0 radical (unpaired) electrons. The molecule has 0 aliphatic rings. The van der Waals surface area contributed by atoms with Gasteiger partial charge in [-0.2, -0.15) is 39.5 Å². The van der Waals surface area contributed by atoms with E-state index in [0.29, 0.717) is 6.20 Å². The molecular weight excluding hydrogens is 437 g/mol. The minimum Gasteiger partial charge on any atom is -0.462 e. The third kappa shape index (κ3) is 5.51. The van der Waals surface area contributed by atoms with Crippen molar-refractivity contribution in [2.45, 2.75) is 25.5 Å². The second-order valence-electron chi connectivity index (χ2n) is 5.59. The van der Waals surface area contributed by atoms with Crippen LogP contribution in [0.1, 0.15) is 34.1 Å². The van der Waals surface area contributed by atoms with E-state index in [-0.39, 0.29) is 24.8 Å². The molecule has 0 spiro atoms. The number of hydrogen-bond donors (Lipinski definition) is 1. The first kappa shape index (κ1) is 23.2. The number of hydrogen-bond acceptors (Lipinski definition) is 5. The maximum atomic E-state index is 13.2. The molecule has 0 fully saturated rings. The van der Waals surface area contributed by atoms with Crippen LogP contribution in [0.4, 0.5) is 51.1 Å². The average molecular weight is 447 g/mol. The number of carbonyl (C=O) groups is 1. The Hall–Kier alpha value is -3.06. The van der Waals surface area contributed by atoms with Gasteiger partial charge >= 0.3 is 24.5 Å². The molecule has 0 aliphatic heterocycles. The number of nitrogens with zero attached hydrogens (tertiary/aromatic N) is 2. The Bertz CT molecular complexity index is 905. The topological polar surface area (TPSA) is 64.1 Å². The standard InChI is InChI=1S/C16H10F9N3O2/c1-2-30-12(29)10-6-26-13(28-11(10)16(23,24)25)27-9-4-7(14(17,18)19)3-8(5-9)15(20,21)22/h3-6H,2H2,1H3,(H,26,27,28). The van der Waals surface area contributed by atoms with Gasteiger partial charge < -0.3 is 10.1 Å². The first-order chi connectivity index (χ1) is 13.6. The van der Waals surface area contributed by atoms with Crippen molar-refractivity contribution in [3.05, 3.63) is 46.8 Å². The van der Waals surface area contributed by atoms with Crippen molar-refractivity contribution in [2.24, 2.45) is 0 Å². The van der Waals surface area contributed by atoms with E-state index in [4.69, 9.17) is 0 Å². The highest BCUT2D eigenvalue weighted by atomic mass is 19.4. The molecule has 1 aromatic heterocycles. The third-order valence-corrected chi connectivity index (χ3v) is 3.40. The fraction of sp³-hybridized carbons (Fsp3) is 0.312. The van der Waals surface area contributed by atoms with Crippen LogP contribution in [0.3, 0.4) is 0 Å². The van der Waals surface area contributed by atoms with E-state index in [9.17, 15) is 44.3 Å². The van der Waals surface area contributed by atoms with Crippen LogP contribution in [0.15, 0.2) is 24.4 Å². The van der Waals surface area contributed by atoms with Crippen LogP contribution < -0.4 is 5.32 Å². The van der Waals surface area contributed by atoms with Crippen molar-refractivity contribution in [1.29, 1.82) is 0 Å². The predicted molar refractivity (Wildman–Crippen MR) is 82.7 cm³/mol. The summed E-state index contributed by atoms with van der Waals surface area (Å²) in [5.74, 6) is -2.39. The zero-order valence-corrected chi connectivity index (χ0v) is 14.6. The lowest BCUT2D eigenvalue weighted by Crippen LogP contribution is -2.19. The van der Waals surface area contributed by atoms with Crippen LogP contribution in [-0.2, 0) is 23.3 Å². The fourth-order valence-corrected chi connectivity index (χ4v) is 2.17. The molecule has 1 N–H and O–H groups in total. The summed E-state index contributed by atoms with van der Waals surface area (Å²) in [5, 5.41) is 1.87. The number of esters is 1. The smallest absolute Gasteiger partial charge is 0.434 e. The van der Waals surface area contributed by atoms with Crippen molar-refractivity contribution in [2.75, 3.05) is 11.9 Å². The quantitative estimate of drug-likeness (QED) is 0.499. The highest BCUT2D eigenvalue weighted by molar-refractivity contribution is 5.90. The van der Waals surface area contributed by atoms with Gasteiger partial charge in [-0.15, -0.1) is 0 Å². The SMILES string of the molecule is CCOC(=O)c1cnc(Nc2cc(C(F)(F)F)cc(C(F)(F)F)c2)nc1C(F)(F)F. The highest BCUT2D eigenvalue weighted by Crippen LogP contribution is 2.38. The fourth-order valence-electron chi connectivity index (χ4n) is 2.17. The van der Waals surface area contributed by atoms with Gasteiger partial charge in [0, 0.05) is 11.9 Å². The predicted octanol–water partition coefficient (Wildman–Crippen LogP) is 5.45. The van der Waals surface area contributed by atoms with E-state index >= 15 is 0 Å². The maximum absolute atomic E-state index is 13.2. The van der Waals surface area contributed by atoms with E-state index in [1.54, 1.807) is 0 Å². The molecule has 0 amide bonds. The molecule has 0 saturated carbocycles. The van der Waals surface area contributed by atoms with Crippen LogP contribution in [-0.4, -0.2) is 22.5 Å². The number of nitrogens with one attached hydrogen (secondary N) is 1. The number of ether oxygens (including phenoxy) is 1. The van der Waals surface area contributed by atoms with Crippen LogP contribution in [0.2, 0.25) is 0 Å². The van der Waals surface area contributed by atoms with Gasteiger partial charge in [0.25, 0.3) is 0 Å². The number of alkyl halides is 9. The molecule has 0 aliphatic carbocycles. The number of carbonyl (C=O) groups excluding carboxylic acids is 1. The molecule has 0 saturated heterocycles. The Morgan fingerprint density at radius 3 is 1.90 bits per heavy atom. The molecule has 1 heterocycles. The molecule has 2 rings (SSSR count). The van der Waals surface area contributed by atoms with E-state index in [2.05, 4.69) is 14.7 Å². The van der Waals surface area contributed by atoms with E-state index < -0.39 is 58.5 Å². The Morgan fingerprint density at radius 1 is 0.933 bits per heavy atom. The lowest BCUT2D eigenvalue weighted by atomic mass is 10.1. The number of aromatic nitrogens is 2. The Labute approximate surface area is 161 Å². The molecule has 5 nitrogen and oxygen atoms in total. The van der Waals surface area contributed by atoms with Crippen molar-refractivity contribution in [1.82, 2.24) is 9.97 Å². The van der Waals surface area contributed by atoms with Crippen LogP contribution in [0.5, 0.6) is 0 Å². The van der Waals surface area contributed by atoms with Gasteiger partial charge in [-0.25, -0.2) is 14.8 Å². The Kier molecular flexibility index (Phi) is 6.18. The summed E-state index contributed by atoms with van der Waals surface area (Å²) in [4.78, 5) is 18.0. The first-order valence-corrected chi connectivity index (χ1v) is 7.80. The Morgan fingerprint density at radius 2 is 1.47 bits per heavy atom. The maximum Gasteiger partial charge on any atom is 0.434 e. The van der Waals surface area contributed by atoms with Gasteiger partial charge in [0.2, 0.25) is 5.95 Å². The monoisotopic (exact) mass is 447 g/mol. The highest BCUT2D eigenvalue weighted by Gasteiger charge is 2.39. The molecule has 1 aromatic carbocycles. The van der Waals surface area contributed by atoms with E-state index in [1.165, 1.54) is 6.92 Å². The number of anilines is 2. The zero-order chi connectivity index (χ0) is 22.9. The molecule has 14 heteroatoms. The lowest BCUT2D eigenvalue weighted by molar-refractivity contribution is -0.143. The lowest BCUT2D eigenvalue weighted by Gasteiger charge is -2.16. The minimum absolute atomic E-state index is 0.156. The Balaban J connectivity index is 2.53. The van der Waals surface area contributed by atoms with Gasteiger partial charge in [0.15, 0.2) is 5.69 Å². The van der Waals surface area contributed by atoms with Crippen LogP contribution in [0.25, 0.3) is 0 Å². The van der Waals surface area contributed by atoms with Gasteiger partial charge in [-0.3, -0.25) is 0 Å². The van der Waals surface area contributed by atoms with Crippen molar-refractivity contribution < 1.29 is 49.0 Å².